The second-order valence-corrected chi connectivity index (χ2v) is 4.75. The lowest BCUT2D eigenvalue weighted by Gasteiger charge is -2.31. The molecule has 1 aromatic carbocycles. The van der Waals surface area contributed by atoms with E-state index in [1.54, 1.807) is 37.3 Å². The SMILES string of the molecule is COc1cc(OC)cc(C(=O)N2CCCC(N)C2)c1. The second-order valence-electron chi connectivity index (χ2n) is 4.75. The molecule has 1 fully saturated rings. The Morgan fingerprint density at radius 2 is 1.89 bits per heavy atom. The van der Waals surface area contributed by atoms with Gasteiger partial charge in [-0.15, -0.1) is 0 Å². The van der Waals surface area contributed by atoms with E-state index in [-0.39, 0.29) is 11.9 Å². The lowest BCUT2D eigenvalue weighted by atomic mass is 10.1. The van der Waals surface area contributed by atoms with Crippen LogP contribution >= 0.6 is 0 Å². The number of nitrogens with two attached hydrogens (primary N) is 1. The zero-order valence-electron chi connectivity index (χ0n) is 11.4. The van der Waals surface area contributed by atoms with Crippen LogP contribution in [0.1, 0.15) is 23.2 Å². The first-order valence-corrected chi connectivity index (χ1v) is 6.42. The first-order valence-electron chi connectivity index (χ1n) is 6.42. The third-order valence-corrected chi connectivity index (χ3v) is 3.34. The fourth-order valence-corrected chi connectivity index (χ4v) is 2.31. The summed E-state index contributed by atoms with van der Waals surface area (Å²) in [5.41, 5.74) is 6.48. The van der Waals surface area contributed by atoms with Crippen molar-refractivity contribution in [3.05, 3.63) is 23.8 Å². The van der Waals surface area contributed by atoms with E-state index in [0.717, 1.165) is 19.4 Å². The number of amides is 1. The lowest BCUT2D eigenvalue weighted by Crippen LogP contribution is -2.45. The molecular formula is C14H20N2O3. The van der Waals surface area contributed by atoms with E-state index >= 15 is 0 Å². The Morgan fingerprint density at radius 1 is 1.26 bits per heavy atom. The van der Waals surface area contributed by atoms with Crippen LogP contribution in [0.5, 0.6) is 11.5 Å². The molecule has 0 saturated carbocycles. The van der Waals surface area contributed by atoms with Crippen LogP contribution in [0, 0.1) is 0 Å². The number of rotatable bonds is 3. The summed E-state index contributed by atoms with van der Waals surface area (Å²) in [6.07, 6.45) is 1.93. The molecule has 104 valence electrons. The number of nitrogens with zero attached hydrogens (tertiary/aromatic N) is 1. The van der Waals surface area contributed by atoms with Crippen LogP contribution in [0.2, 0.25) is 0 Å². The topological polar surface area (TPSA) is 64.8 Å². The van der Waals surface area contributed by atoms with Crippen LogP contribution in [-0.4, -0.2) is 44.2 Å². The van der Waals surface area contributed by atoms with E-state index in [1.165, 1.54) is 0 Å². The number of benzene rings is 1. The molecular weight excluding hydrogens is 244 g/mol. The maximum atomic E-state index is 12.4. The minimum Gasteiger partial charge on any atom is -0.497 e. The van der Waals surface area contributed by atoms with Gasteiger partial charge in [0.25, 0.3) is 5.91 Å². The first-order chi connectivity index (χ1) is 9.13. The Labute approximate surface area is 113 Å². The molecule has 0 aliphatic carbocycles. The number of methoxy groups -OCH3 is 2. The highest BCUT2D eigenvalue weighted by molar-refractivity contribution is 5.95. The molecule has 0 aromatic heterocycles. The first kappa shape index (κ1) is 13.7. The molecule has 2 N–H and O–H groups in total. The molecule has 1 aliphatic rings. The average molecular weight is 264 g/mol. The fraction of sp³-hybridized carbons (Fsp3) is 0.500. The molecule has 1 aromatic rings. The molecule has 5 nitrogen and oxygen atoms in total. The minimum atomic E-state index is -0.0210. The van der Waals surface area contributed by atoms with Crippen LogP contribution in [0.3, 0.4) is 0 Å². The van der Waals surface area contributed by atoms with Gasteiger partial charge in [0.05, 0.1) is 14.2 Å². The maximum absolute atomic E-state index is 12.4. The van der Waals surface area contributed by atoms with Crippen LogP contribution in [0.25, 0.3) is 0 Å². The molecule has 1 saturated heterocycles. The molecule has 1 aliphatic heterocycles. The van der Waals surface area contributed by atoms with E-state index in [4.69, 9.17) is 15.2 Å². The summed E-state index contributed by atoms with van der Waals surface area (Å²) in [6, 6.07) is 5.28. The molecule has 5 heteroatoms. The highest BCUT2D eigenvalue weighted by Crippen LogP contribution is 2.24. The van der Waals surface area contributed by atoms with Gasteiger partial charge in [0.2, 0.25) is 0 Å². The van der Waals surface area contributed by atoms with Crippen molar-refractivity contribution in [2.75, 3.05) is 27.3 Å². The summed E-state index contributed by atoms with van der Waals surface area (Å²) in [6.45, 7) is 1.37. The summed E-state index contributed by atoms with van der Waals surface area (Å²) in [4.78, 5) is 14.2. The van der Waals surface area contributed by atoms with Crippen molar-refractivity contribution < 1.29 is 14.3 Å². The van der Waals surface area contributed by atoms with Crippen molar-refractivity contribution in [2.45, 2.75) is 18.9 Å². The van der Waals surface area contributed by atoms with Gasteiger partial charge in [-0.25, -0.2) is 0 Å². The summed E-state index contributed by atoms with van der Waals surface area (Å²) < 4.78 is 10.4. The van der Waals surface area contributed by atoms with Crippen molar-refractivity contribution in [1.29, 1.82) is 0 Å². The van der Waals surface area contributed by atoms with Crippen molar-refractivity contribution in [3.8, 4) is 11.5 Å². The Kier molecular flexibility index (Phi) is 4.27. The summed E-state index contributed by atoms with van der Waals surface area (Å²) in [5, 5.41) is 0. The molecule has 1 amide bonds. The van der Waals surface area contributed by atoms with Gasteiger partial charge in [-0.05, 0) is 25.0 Å². The smallest absolute Gasteiger partial charge is 0.254 e. The van der Waals surface area contributed by atoms with E-state index in [1.807, 2.05) is 0 Å². The van der Waals surface area contributed by atoms with Crippen molar-refractivity contribution in [2.24, 2.45) is 5.73 Å². The number of carbonyl (C=O) groups is 1. The van der Waals surface area contributed by atoms with Gasteiger partial charge in [-0.2, -0.15) is 0 Å². The number of likely N-dealkylation sites (tertiary alicyclic amines) is 1. The summed E-state index contributed by atoms with van der Waals surface area (Å²) >= 11 is 0. The Balaban J connectivity index is 2.22. The van der Waals surface area contributed by atoms with E-state index in [0.29, 0.717) is 23.6 Å². The van der Waals surface area contributed by atoms with Crippen LogP contribution in [-0.2, 0) is 0 Å². The maximum Gasteiger partial charge on any atom is 0.254 e. The van der Waals surface area contributed by atoms with Crippen LogP contribution < -0.4 is 15.2 Å². The predicted octanol–water partition coefficient (Wildman–Crippen LogP) is 1.27. The highest BCUT2D eigenvalue weighted by atomic mass is 16.5. The normalized spacial score (nSPS) is 19.1. The predicted molar refractivity (Wildman–Crippen MR) is 72.7 cm³/mol. The number of piperidine rings is 1. The number of hydrogen-bond acceptors (Lipinski definition) is 4. The standard InChI is InChI=1S/C14H20N2O3/c1-18-12-6-10(7-13(8-12)19-2)14(17)16-5-3-4-11(15)9-16/h6-8,11H,3-5,9,15H2,1-2H3. The van der Waals surface area contributed by atoms with Crippen molar-refractivity contribution in [1.82, 2.24) is 4.90 Å². The van der Waals surface area contributed by atoms with Gasteiger partial charge in [-0.1, -0.05) is 0 Å². The average Bonchev–Trinajstić information content (AvgIpc) is 2.45. The summed E-state index contributed by atoms with van der Waals surface area (Å²) in [5.74, 6) is 1.21. The molecule has 19 heavy (non-hydrogen) atoms. The second kappa shape index (κ2) is 5.93. The van der Waals surface area contributed by atoms with Crippen molar-refractivity contribution in [3.63, 3.8) is 0 Å². The van der Waals surface area contributed by atoms with E-state index in [9.17, 15) is 4.79 Å². The van der Waals surface area contributed by atoms with Crippen LogP contribution in [0.4, 0.5) is 0 Å². The highest BCUT2D eigenvalue weighted by Gasteiger charge is 2.23. The number of carbonyl (C=O) groups excluding carboxylic acids is 1. The van der Waals surface area contributed by atoms with Gasteiger partial charge in [0.1, 0.15) is 11.5 Å². The van der Waals surface area contributed by atoms with Gasteiger partial charge < -0.3 is 20.1 Å². The van der Waals surface area contributed by atoms with Gasteiger partial charge in [-0.3, -0.25) is 4.79 Å². The van der Waals surface area contributed by atoms with Crippen molar-refractivity contribution >= 4 is 5.91 Å². The quantitative estimate of drug-likeness (QED) is 0.893. The van der Waals surface area contributed by atoms with Gasteiger partial charge in [0, 0.05) is 30.8 Å². The minimum absolute atomic E-state index is 0.0210. The van der Waals surface area contributed by atoms with Gasteiger partial charge in [0.15, 0.2) is 0 Å². The van der Waals surface area contributed by atoms with E-state index < -0.39 is 0 Å². The lowest BCUT2D eigenvalue weighted by molar-refractivity contribution is 0.0708. The molecule has 0 spiro atoms. The van der Waals surface area contributed by atoms with E-state index in [2.05, 4.69) is 0 Å². The molecule has 2 rings (SSSR count). The molecule has 0 radical (unpaired) electrons. The molecule has 1 unspecified atom stereocenters. The third kappa shape index (κ3) is 3.17. The number of hydrogen-bond donors (Lipinski definition) is 1. The zero-order valence-corrected chi connectivity index (χ0v) is 11.4. The largest absolute Gasteiger partial charge is 0.497 e. The Hall–Kier alpha value is -1.75. The summed E-state index contributed by atoms with van der Waals surface area (Å²) in [7, 11) is 3.14. The Morgan fingerprint density at radius 3 is 2.42 bits per heavy atom. The zero-order chi connectivity index (χ0) is 13.8. The number of ether oxygens (including phenoxy) is 2. The van der Waals surface area contributed by atoms with Crippen LogP contribution in [0.15, 0.2) is 18.2 Å². The Bertz CT molecular complexity index is 440. The third-order valence-electron chi connectivity index (χ3n) is 3.34. The monoisotopic (exact) mass is 264 g/mol. The molecule has 1 heterocycles. The molecule has 1 atom stereocenters. The molecule has 0 bridgehead atoms. The fourth-order valence-electron chi connectivity index (χ4n) is 2.31. The van der Waals surface area contributed by atoms with Gasteiger partial charge >= 0.3 is 0 Å².